The highest BCUT2D eigenvalue weighted by atomic mass is 19.1. The molecule has 1 N–H and O–H groups in total. The summed E-state index contributed by atoms with van der Waals surface area (Å²) in [6.45, 7) is 1.92. The summed E-state index contributed by atoms with van der Waals surface area (Å²) in [4.78, 5) is 10.7. The molecule has 2 atom stereocenters. The number of carbonyl (C=O) groups is 1. The van der Waals surface area contributed by atoms with Gasteiger partial charge in [-0.25, -0.2) is 9.18 Å². The van der Waals surface area contributed by atoms with Gasteiger partial charge in [0.1, 0.15) is 18.2 Å². The van der Waals surface area contributed by atoms with E-state index >= 15 is 0 Å². The molecule has 2 unspecified atom stereocenters. The van der Waals surface area contributed by atoms with E-state index in [0.717, 1.165) is 0 Å². The van der Waals surface area contributed by atoms with E-state index in [1.165, 1.54) is 6.07 Å². The summed E-state index contributed by atoms with van der Waals surface area (Å²) in [5.41, 5.74) is 0.561. The lowest BCUT2D eigenvalue weighted by molar-refractivity contribution is -0.149. The third-order valence-electron chi connectivity index (χ3n) is 2.96. The average molecular weight is 254 g/mol. The molecule has 5 heteroatoms. The Labute approximate surface area is 104 Å². The fraction of sp³-hybridized carbons (Fsp3) is 0.462. The SMILES string of the molecule is Cc1ccc(OCC2CCC(C(=O)O)O2)cc1F. The maximum Gasteiger partial charge on any atom is 0.332 e. The van der Waals surface area contributed by atoms with Crippen molar-refractivity contribution >= 4 is 5.97 Å². The standard InChI is InChI=1S/C13H15FO4/c1-8-2-3-9(6-11(8)14)17-7-10-4-5-12(18-10)13(15)16/h2-3,6,10,12H,4-5,7H2,1H3,(H,15,16). The number of ether oxygens (including phenoxy) is 2. The molecule has 1 aromatic rings. The Bertz CT molecular complexity index is 447. The molecule has 4 nitrogen and oxygen atoms in total. The van der Waals surface area contributed by atoms with Crippen LogP contribution < -0.4 is 4.74 Å². The number of carboxylic acid groups (broad SMARTS) is 1. The summed E-state index contributed by atoms with van der Waals surface area (Å²) in [6, 6.07) is 4.64. The maximum atomic E-state index is 13.3. The van der Waals surface area contributed by atoms with Crippen LogP contribution in [0, 0.1) is 12.7 Å². The zero-order valence-corrected chi connectivity index (χ0v) is 10.1. The van der Waals surface area contributed by atoms with Gasteiger partial charge in [0.15, 0.2) is 6.10 Å². The number of hydrogen-bond donors (Lipinski definition) is 1. The van der Waals surface area contributed by atoms with E-state index in [1.54, 1.807) is 19.1 Å². The van der Waals surface area contributed by atoms with Gasteiger partial charge in [0.05, 0.1) is 6.10 Å². The minimum atomic E-state index is -0.945. The highest BCUT2D eigenvalue weighted by Gasteiger charge is 2.30. The predicted molar refractivity (Wildman–Crippen MR) is 62.2 cm³/mol. The Balaban J connectivity index is 1.85. The van der Waals surface area contributed by atoms with Crippen molar-refractivity contribution in [3.05, 3.63) is 29.6 Å². The second kappa shape index (κ2) is 5.35. The lowest BCUT2D eigenvalue weighted by Crippen LogP contribution is -2.23. The van der Waals surface area contributed by atoms with E-state index in [0.29, 0.717) is 24.2 Å². The zero-order valence-electron chi connectivity index (χ0n) is 10.1. The molecule has 1 heterocycles. The molecule has 2 rings (SSSR count). The minimum Gasteiger partial charge on any atom is -0.491 e. The van der Waals surface area contributed by atoms with Crippen LogP contribution in [0.2, 0.25) is 0 Å². The topological polar surface area (TPSA) is 55.8 Å². The molecule has 98 valence electrons. The van der Waals surface area contributed by atoms with Crippen LogP contribution in [0.15, 0.2) is 18.2 Å². The number of carboxylic acids is 1. The van der Waals surface area contributed by atoms with E-state index in [2.05, 4.69) is 0 Å². The van der Waals surface area contributed by atoms with Crippen molar-refractivity contribution in [2.45, 2.75) is 32.0 Å². The van der Waals surface area contributed by atoms with Gasteiger partial charge in [-0.3, -0.25) is 0 Å². The zero-order chi connectivity index (χ0) is 13.1. The molecule has 18 heavy (non-hydrogen) atoms. The third kappa shape index (κ3) is 2.98. The van der Waals surface area contributed by atoms with Crippen LogP contribution in [0.4, 0.5) is 4.39 Å². The van der Waals surface area contributed by atoms with Crippen molar-refractivity contribution in [3.8, 4) is 5.75 Å². The number of halogens is 1. The molecule has 0 saturated carbocycles. The molecule has 1 aliphatic rings. The van der Waals surface area contributed by atoms with Crippen molar-refractivity contribution in [2.24, 2.45) is 0 Å². The van der Waals surface area contributed by atoms with Crippen LogP contribution >= 0.6 is 0 Å². The molecule has 0 bridgehead atoms. The number of hydrogen-bond acceptors (Lipinski definition) is 3. The van der Waals surface area contributed by atoms with Crippen LogP contribution in [0.25, 0.3) is 0 Å². The highest BCUT2D eigenvalue weighted by Crippen LogP contribution is 2.22. The van der Waals surface area contributed by atoms with Gasteiger partial charge < -0.3 is 14.6 Å². The van der Waals surface area contributed by atoms with E-state index in [4.69, 9.17) is 14.6 Å². The van der Waals surface area contributed by atoms with Gasteiger partial charge in [-0.1, -0.05) is 6.07 Å². The molecule has 1 saturated heterocycles. The maximum absolute atomic E-state index is 13.3. The van der Waals surface area contributed by atoms with Gasteiger partial charge in [0.2, 0.25) is 0 Å². The van der Waals surface area contributed by atoms with Crippen LogP contribution in [-0.4, -0.2) is 29.9 Å². The fourth-order valence-corrected chi connectivity index (χ4v) is 1.86. The monoisotopic (exact) mass is 254 g/mol. The molecule has 0 radical (unpaired) electrons. The summed E-state index contributed by atoms with van der Waals surface area (Å²) < 4.78 is 23.9. The lowest BCUT2D eigenvalue weighted by atomic mass is 10.2. The number of aryl methyl sites for hydroxylation is 1. The van der Waals surface area contributed by atoms with Crippen LogP contribution in [0.5, 0.6) is 5.75 Å². The first-order chi connectivity index (χ1) is 8.56. The van der Waals surface area contributed by atoms with E-state index < -0.39 is 12.1 Å². The first-order valence-electron chi connectivity index (χ1n) is 5.83. The van der Waals surface area contributed by atoms with Crippen LogP contribution in [0.3, 0.4) is 0 Å². The number of rotatable bonds is 4. The molecule has 1 aromatic carbocycles. The molecule has 1 fully saturated rings. The van der Waals surface area contributed by atoms with Gasteiger partial charge in [0.25, 0.3) is 0 Å². The van der Waals surface area contributed by atoms with Crippen LogP contribution in [-0.2, 0) is 9.53 Å². The van der Waals surface area contributed by atoms with Gasteiger partial charge in [-0.15, -0.1) is 0 Å². The number of benzene rings is 1. The smallest absolute Gasteiger partial charge is 0.332 e. The summed E-state index contributed by atoms with van der Waals surface area (Å²) in [6.07, 6.45) is 0.153. The highest BCUT2D eigenvalue weighted by molar-refractivity contribution is 5.72. The molecule has 0 amide bonds. The molecule has 1 aliphatic heterocycles. The lowest BCUT2D eigenvalue weighted by Gasteiger charge is -2.13. The van der Waals surface area contributed by atoms with Crippen molar-refractivity contribution in [1.29, 1.82) is 0 Å². The fourth-order valence-electron chi connectivity index (χ4n) is 1.86. The normalized spacial score (nSPS) is 23.0. The molecule has 0 spiro atoms. The van der Waals surface area contributed by atoms with Crippen LogP contribution in [0.1, 0.15) is 18.4 Å². The Morgan fingerprint density at radius 3 is 2.94 bits per heavy atom. The second-order valence-electron chi connectivity index (χ2n) is 4.38. The molecular weight excluding hydrogens is 239 g/mol. The predicted octanol–water partition coefficient (Wildman–Crippen LogP) is 2.15. The number of aliphatic carboxylic acids is 1. The summed E-state index contributed by atoms with van der Waals surface area (Å²) in [5, 5.41) is 8.77. The van der Waals surface area contributed by atoms with Crippen molar-refractivity contribution < 1.29 is 23.8 Å². The molecule has 0 aliphatic carbocycles. The van der Waals surface area contributed by atoms with Crippen molar-refractivity contribution in [1.82, 2.24) is 0 Å². The summed E-state index contributed by atoms with van der Waals surface area (Å²) in [7, 11) is 0. The Kier molecular flexibility index (Phi) is 3.81. The third-order valence-corrected chi connectivity index (χ3v) is 2.96. The molecule has 0 aromatic heterocycles. The average Bonchev–Trinajstić information content (AvgIpc) is 2.79. The Morgan fingerprint density at radius 2 is 2.33 bits per heavy atom. The Morgan fingerprint density at radius 1 is 1.56 bits per heavy atom. The summed E-state index contributed by atoms with van der Waals surface area (Å²) in [5.74, 6) is -0.831. The van der Waals surface area contributed by atoms with E-state index in [1.807, 2.05) is 0 Å². The first kappa shape index (κ1) is 12.8. The van der Waals surface area contributed by atoms with Crippen molar-refractivity contribution in [3.63, 3.8) is 0 Å². The second-order valence-corrected chi connectivity index (χ2v) is 4.38. The van der Waals surface area contributed by atoms with Gasteiger partial charge in [0, 0.05) is 6.07 Å². The largest absolute Gasteiger partial charge is 0.491 e. The quantitative estimate of drug-likeness (QED) is 0.894. The van der Waals surface area contributed by atoms with Gasteiger partial charge in [-0.2, -0.15) is 0 Å². The van der Waals surface area contributed by atoms with E-state index in [-0.39, 0.29) is 18.5 Å². The van der Waals surface area contributed by atoms with Gasteiger partial charge in [-0.05, 0) is 31.4 Å². The molecular formula is C13H15FO4. The van der Waals surface area contributed by atoms with E-state index in [9.17, 15) is 9.18 Å². The summed E-state index contributed by atoms with van der Waals surface area (Å²) >= 11 is 0. The Hall–Kier alpha value is -1.62. The first-order valence-corrected chi connectivity index (χ1v) is 5.83. The van der Waals surface area contributed by atoms with Crippen molar-refractivity contribution in [2.75, 3.05) is 6.61 Å². The van der Waals surface area contributed by atoms with Gasteiger partial charge >= 0.3 is 5.97 Å². The minimum absolute atomic E-state index is 0.240.